The third-order valence-electron chi connectivity index (χ3n) is 2.42. The van der Waals surface area contributed by atoms with Crippen molar-refractivity contribution in [3.8, 4) is 0 Å². The maximum Gasteiger partial charge on any atom is 0.353 e. The fourth-order valence-corrected chi connectivity index (χ4v) is 1.43. The third kappa shape index (κ3) is 4.17. The Morgan fingerprint density at radius 3 is 2.65 bits per heavy atom. The summed E-state index contributed by atoms with van der Waals surface area (Å²) in [5.74, 6) is -3.55. The fourth-order valence-electron chi connectivity index (χ4n) is 1.43. The summed E-state index contributed by atoms with van der Waals surface area (Å²) >= 11 is 0. The highest BCUT2D eigenvalue weighted by atomic mass is 17.0. The van der Waals surface area contributed by atoms with E-state index in [1.165, 1.54) is 0 Å². The zero-order valence-electron chi connectivity index (χ0n) is 10.8. The number of nitrogens with two attached hydrogens (primary N) is 2. The maximum atomic E-state index is 11.8. The third-order valence-corrected chi connectivity index (χ3v) is 2.42. The molecule has 1 aliphatic heterocycles. The van der Waals surface area contributed by atoms with E-state index >= 15 is 0 Å². The first kappa shape index (κ1) is 15.9. The molecule has 0 radical (unpaired) electrons. The summed E-state index contributed by atoms with van der Waals surface area (Å²) in [4.78, 5) is 54.6. The molecule has 2 atom stereocenters. The average Bonchev–Trinajstić information content (AvgIpc) is 2.48. The van der Waals surface area contributed by atoms with Crippen molar-refractivity contribution in [2.45, 2.75) is 31.8 Å². The summed E-state index contributed by atoms with van der Waals surface area (Å²) in [6.07, 6.45) is -0.839. The van der Waals surface area contributed by atoms with Gasteiger partial charge in [0, 0.05) is 5.23 Å². The van der Waals surface area contributed by atoms with Gasteiger partial charge in [-0.25, -0.2) is 9.59 Å². The largest absolute Gasteiger partial charge is 0.368 e. The first-order valence-corrected chi connectivity index (χ1v) is 5.89. The number of nitrogens with zero attached hydrogens (tertiary/aromatic N) is 1. The van der Waals surface area contributed by atoms with Crippen LogP contribution in [0, 0.1) is 0 Å². The lowest BCUT2D eigenvalue weighted by Crippen LogP contribution is -2.46. The number of carbonyl (C=O) groups excluding carboxylic acids is 4. The lowest BCUT2D eigenvalue weighted by Gasteiger charge is -2.19. The molecular weight excluding hydrogens is 272 g/mol. The molecule has 2 amide bonds. The molecule has 1 heterocycles. The van der Waals surface area contributed by atoms with Crippen molar-refractivity contribution >= 4 is 23.8 Å². The van der Waals surface area contributed by atoms with Crippen LogP contribution < -0.4 is 16.8 Å². The van der Waals surface area contributed by atoms with Crippen LogP contribution in [0.4, 0.5) is 0 Å². The summed E-state index contributed by atoms with van der Waals surface area (Å²) < 4.78 is 0. The minimum Gasteiger partial charge on any atom is -0.368 e. The Morgan fingerprint density at radius 1 is 1.45 bits per heavy atom. The van der Waals surface area contributed by atoms with E-state index in [2.05, 4.69) is 15.0 Å². The van der Waals surface area contributed by atoms with Crippen molar-refractivity contribution in [3.63, 3.8) is 0 Å². The Morgan fingerprint density at radius 2 is 2.10 bits per heavy atom. The van der Waals surface area contributed by atoms with E-state index in [0.29, 0.717) is 6.54 Å². The minimum atomic E-state index is -1.21. The van der Waals surface area contributed by atoms with Crippen molar-refractivity contribution in [2.24, 2.45) is 11.5 Å². The van der Waals surface area contributed by atoms with E-state index in [1.807, 2.05) is 0 Å². The highest BCUT2D eigenvalue weighted by molar-refractivity contribution is 5.89. The molecule has 0 aliphatic carbocycles. The lowest BCUT2D eigenvalue weighted by atomic mass is 10.2. The predicted octanol–water partition coefficient (Wildman–Crippen LogP) is -2.68. The smallest absolute Gasteiger partial charge is 0.353 e. The number of hydrogen-bond acceptors (Lipinski definition) is 8. The molecule has 20 heavy (non-hydrogen) atoms. The van der Waals surface area contributed by atoms with E-state index < -0.39 is 48.7 Å². The van der Waals surface area contributed by atoms with Crippen molar-refractivity contribution < 1.29 is 28.9 Å². The molecule has 5 N–H and O–H groups in total. The fraction of sp³-hybridized carbons (Fsp3) is 0.600. The van der Waals surface area contributed by atoms with Crippen LogP contribution in [-0.4, -0.2) is 47.6 Å². The Labute approximate surface area is 114 Å². The van der Waals surface area contributed by atoms with Crippen LogP contribution in [0.15, 0.2) is 0 Å². The summed E-state index contributed by atoms with van der Waals surface area (Å²) in [5.41, 5.74) is 10.4. The van der Waals surface area contributed by atoms with Gasteiger partial charge in [-0.15, -0.1) is 0 Å². The first-order valence-electron chi connectivity index (χ1n) is 5.89. The second kappa shape index (κ2) is 6.82. The summed E-state index contributed by atoms with van der Waals surface area (Å²) in [7, 11) is 0. The van der Waals surface area contributed by atoms with Gasteiger partial charge in [0.05, 0.1) is 18.9 Å². The molecule has 0 spiro atoms. The molecular formula is C10H16N4O6. The Hall–Kier alpha value is -2.20. The van der Waals surface area contributed by atoms with Gasteiger partial charge < -0.3 is 26.5 Å². The molecule has 10 nitrogen and oxygen atoms in total. The molecule has 0 bridgehead atoms. The molecule has 1 fully saturated rings. The standard InChI is InChI=1S/C10H16N4O6/c1-2-13-6(9(12)17)4-7(15)14-19-8(16)3-5(11)10(18)20-14/h5-6,13H,2-4,11H2,1H3,(H2,12,17). The van der Waals surface area contributed by atoms with Crippen molar-refractivity contribution in [1.29, 1.82) is 0 Å². The van der Waals surface area contributed by atoms with Gasteiger partial charge in [-0.3, -0.25) is 9.59 Å². The van der Waals surface area contributed by atoms with E-state index in [1.54, 1.807) is 6.92 Å². The number of hydroxylamine groups is 2. The van der Waals surface area contributed by atoms with Crippen molar-refractivity contribution in [1.82, 2.24) is 10.5 Å². The van der Waals surface area contributed by atoms with Gasteiger partial charge in [0.2, 0.25) is 5.91 Å². The zero-order valence-corrected chi connectivity index (χ0v) is 10.8. The number of amides is 2. The highest BCUT2D eigenvalue weighted by Crippen LogP contribution is 2.09. The molecule has 0 aromatic heterocycles. The number of rotatable bonds is 5. The second-order valence-corrected chi connectivity index (χ2v) is 4.05. The van der Waals surface area contributed by atoms with Crippen LogP contribution >= 0.6 is 0 Å². The average molecular weight is 288 g/mol. The molecule has 1 saturated heterocycles. The summed E-state index contributed by atoms with van der Waals surface area (Å²) in [6.45, 7) is 2.11. The summed E-state index contributed by atoms with van der Waals surface area (Å²) in [5, 5.41) is 2.80. The quantitative estimate of drug-likeness (QED) is 0.494. The molecule has 10 heteroatoms. The molecule has 112 valence electrons. The van der Waals surface area contributed by atoms with Gasteiger partial charge in [0.25, 0.3) is 5.91 Å². The van der Waals surface area contributed by atoms with Gasteiger partial charge in [0.1, 0.15) is 6.04 Å². The van der Waals surface area contributed by atoms with Crippen molar-refractivity contribution in [2.75, 3.05) is 6.54 Å². The lowest BCUT2D eigenvalue weighted by molar-refractivity contribution is -0.301. The molecule has 2 unspecified atom stereocenters. The molecule has 0 saturated carbocycles. The van der Waals surface area contributed by atoms with E-state index in [-0.39, 0.29) is 5.23 Å². The highest BCUT2D eigenvalue weighted by Gasteiger charge is 2.34. The first-order chi connectivity index (χ1) is 9.35. The number of primary amides is 1. The second-order valence-electron chi connectivity index (χ2n) is 4.05. The van der Waals surface area contributed by atoms with Gasteiger partial charge in [-0.1, -0.05) is 6.92 Å². The van der Waals surface area contributed by atoms with Gasteiger partial charge in [-0.05, 0) is 6.54 Å². The maximum absolute atomic E-state index is 11.8. The minimum absolute atomic E-state index is 0.130. The van der Waals surface area contributed by atoms with Gasteiger partial charge in [-0.2, -0.15) is 0 Å². The van der Waals surface area contributed by atoms with E-state index in [0.717, 1.165) is 0 Å². The van der Waals surface area contributed by atoms with Crippen LogP contribution in [0.5, 0.6) is 0 Å². The number of nitrogens with one attached hydrogen (secondary N) is 1. The topological polar surface area (TPSA) is 154 Å². The predicted molar refractivity (Wildman–Crippen MR) is 62.9 cm³/mol. The van der Waals surface area contributed by atoms with Crippen LogP contribution in [0.2, 0.25) is 0 Å². The number of likely N-dealkylation sites (N-methyl/N-ethyl adjacent to an activating group) is 1. The van der Waals surface area contributed by atoms with Crippen molar-refractivity contribution in [3.05, 3.63) is 0 Å². The Balaban J connectivity index is 2.72. The SMILES string of the molecule is CCNC(CC(=O)N1OC(=O)CC(N)C(=O)O1)C(N)=O. The summed E-state index contributed by atoms with van der Waals surface area (Å²) in [6, 6.07) is -2.18. The molecule has 1 rings (SSSR count). The van der Waals surface area contributed by atoms with Gasteiger partial charge in [0.15, 0.2) is 0 Å². The molecule has 0 aromatic carbocycles. The van der Waals surface area contributed by atoms with Crippen LogP contribution in [0.1, 0.15) is 19.8 Å². The Bertz CT molecular complexity index is 426. The van der Waals surface area contributed by atoms with E-state index in [9.17, 15) is 19.2 Å². The number of carbonyl (C=O) groups is 4. The monoisotopic (exact) mass is 288 g/mol. The number of hydrogen-bond donors (Lipinski definition) is 3. The Kier molecular flexibility index (Phi) is 5.41. The molecule has 0 aromatic rings. The van der Waals surface area contributed by atoms with Crippen LogP contribution in [-0.2, 0) is 28.9 Å². The molecule has 1 aliphatic rings. The zero-order chi connectivity index (χ0) is 15.3. The van der Waals surface area contributed by atoms with Crippen LogP contribution in [0.25, 0.3) is 0 Å². The van der Waals surface area contributed by atoms with Gasteiger partial charge >= 0.3 is 11.9 Å². The van der Waals surface area contributed by atoms with E-state index in [4.69, 9.17) is 11.5 Å². The normalized spacial score (nSPS) is 20.7. The van der Waals surface area contributed by atoms with Crippen LogP contribution in [0.3, 0.4) is 0 Å².